The molecule has 0 atom stereocenters. The largest absolute Gasteiger partial charge is 0.495 e. The van der Waals surface area contributed by atoms with Gasteiger partial charge in [0, 0.05) is 5.30 Å². The van der Waals surface area contributed by atoms with Gasteiger partial charge in [-0.05, 0) is 88.6 Å². The normalized spacial score (nSPS) is 16.0. The fraction of sp³-hybridized carbons (Fsp3) is 0.360. The Hall–Kier alpha value is -2.60. The van der Waals surface area contributed by atoms with Crippen LogP contribution < -0.4 is 26.0 Å². The molecule has 0 spiro atoms. The van der Waals surface area contributed by atoms with Crippen LogP contribution in [-0.2, 0) is 4.57 Å². The van der Waals surface area contributed by atoms with E-state index in [9.17, 15) is 4.57 Å². The zero-order chi connectivity index (χ0) is 24.7. The third-order valence-corrected chi connectivity index (χ3v) is 7.44. The van der Waals surface area contributed by atoms with Crippen LogP contribution in [0, 0.1) is 0 Å². The number of guanidine groups is 1. The average molecular weight is 502 g/mol. The number of methoxy groups -OCH3 is 1. The Bertz CT molecular complexity index is 1130. The van der Waals surface area contributed by atoms with Gasteiger partial charge < -0.3 is 25.3 Å². The van der Waals surface area contributed by atoms with E-state index >= 15 is 0 Å². The molecule has 1 aliphatic heterocycles. The molecule has 0 radical (unpaired) electrons. The van der Waals surface area contributed by atoms with E-state index in [1.54, 1.807) is 27.4 Å². The summed E-state index contributed by atoms with van der Waals surface area (Å²) in [7, 11) is -0.870. The fourth-order valence-electron chi connectivity index (χ4n) is 3.92. The van der Waals surface area contributed by atoms with Crippen LogP contribution in [0.5, 0.6) is 5.75 Å². The van der Waals surface area contributed by atoms with Gasteiger partial charge in [-0.15, -0.1) is 0 Å². The van der Waals surface area contributed by atoms with Gasteiger partial charge in [-0.2, -0.15) is 4.99 Å². The number of hydrogen-bond donors (Lipinski definition) is 3. The van der Waals surface area contributed by atoms with Crippen molar-refractivity contribution in [1.82, 2.24) is 5.32 Å². The lowest BCUT2D eigenvalue weighted by atomic mass is 9.90. The summed E-state index contributed by atoms with van der Waals surface area (Å²) in [5.74, 6) is 1.85. The summed E-state index contributed by atoms with van der Waals surface area (Å²) in [5.41, 5.74) is 2.67. The average Bonchev–Trinajstić information content (AvgIpc) is 2.83. The van der Waals surface area contributed by atoms with Crippen LogP contribution in [0.3, 0.4) is 0 Å². The molecule has 0 unspecified atom stereocenters. The maximum Gasteiger partial charge on any atom is 0.228 e. The van der Waals surface area contributed by atoms with Crippen molar-refractivity contribution in [2.45, 2.75) is 25.7 Å². The van der Waals surface area contributed by atoms with Gasteiger partial charge in [0.1, 0.15) is 18.7 Å². The van der Waals surface area contributed by atoms with E-state index in [2.05, 4.69) is 44.8 Å². The summed E-state index contributed by atoms with van der Waals surface area (Å²) in [4.78, 5) is 8.60. The zero-order valence-corrected chi connectivity index (χ0v) is 21.8. The summed E-state index contributed by atoms with van der Waals surface area (Å²) < 4.78 is 18.4. The molecular formula is C25H33ClN5O2P. The fourth-order valence-corrected chi connectivity index (χ4v) is 5.16. The highest BCUT2D eigenvalue weighted by molar-refractivity contribution is 7.70. The number of ether oxygens (including phenoxy) is 1. The number of aliphatic imine (C=N–C) groups is 2. The van der Waals surface area contributed by atoms with Gasteiger partial charge in [-0.3, -0.25) is 0 Å². The predicted octanol–water partition coefficient (Wildman–Crippen LogP) is 5.42. The van der Waals surface area contributed by atoms with E-state index < -0.39 is 7.14 Å². The molecule has 34 heavy (non-hydrogen) atoms. The van der Waals surface area contributed by atoms with E-state index in [1.165, 1.54) is 5.56 Å². The van der Waals surface area contributed by atoms with Crippen molar-refractivity contribution in [3.63, 3.8) is 0 Å². The van der Waals surface area contributed by atoms with Crippen molar-refractivity contribution < 1.29 is 9.30 Å². The monoisotopic (exact) mass is 501 g/mol. The van der Waals surface area contributed by atoms with Gasteiger partial charge in [0.25, 0.3) is 0 Å². The molecule has 1 saturated heterocycles. The van der Waals surface area contributed by atoms with Crippen molar-refractivity contribution in [3.8, 4) is 5.75 Å². The predicted molar refractivity (Wildman–Crippen MR) is 146 cm³/mol. The lowest BCUT2D eigenvalue weighted by Crippen LogP contribution is -2.26. The van der Waals surface area contributed by atoms with Gasteiger partial charge >= 0.3 is 0 Å². The standard InChI is InChI=1S/C25H33ClN5O2P/c1-17(26)24(29-21-8-6-7-9-23(21)34(4,5)32)31-25(27-2)30-20-11-10-19(16-22(20)33-3)18-12-14-28-15-13-18/h6-11,16,18,28-29H,2,12-15H2,1,3-5H3,(H,30,31)/b24-17+. The quantitative estimate of drug-likeness (QED) is 0.268. The van der Waals surface area contributed by atoms with Crippen molar-refractivity contribution >= 4 is 48.1 Å². The third-order valence-electron chi connectivity index (χ3n) is 5.71. The lowest BCUT2D eigenvalue weighted by molar-refractivity contribution is 0.413. The smallest absolute Gasteiger partial charge is 0.228 e. The Morgan fingerprint density at radius 2 is 1.85 bits per heavy atom. The summed E-state index contributed by atoms with van der Waals surface area (Å²) in [6, 6.07) is 13.6. The van der Waals surface area contributed by atoms with Gasteiger partial charge in [-0.1, -0.05) is 29.8 Å². The SMILES string of the molecule is C=N/C(=N\C(Nc1ccccc1P(C)(C)=O)=C(/C)Cl)Nc1ccc(C2CCNCC2)cc1OC. The van der Waals surface area contributed by atoms with Crippen molar-refractivity contribution in [3.05, 3.63) is 58.9 Å². The molecule has 2 aromatic carbocycles. The topological polar surface area (TPSA) is 87.1 Å². The van der Waals surface area contributed by atoms with Gasteiger partial charge in [0.05, 0.1) is 23.5 Å². The molecule has 1 heterocycles. The number of halogens is 1. The number of piperidine rings is 1. The summed E-state index contributed by atoms with van der Waals surface area (Å²) in [5, 5.41) is 10.9. The first kappa shape index (κ1) is 26.0. The molecule has 182 valence electrons. The number of rotatable bonds is 7. The molecule has 0 saturated carbocycles. The molecule has 3 rings (SSSR count). The van der Waals surface area contributed by atoms with E-state index in [1.807, 2.05) is 30.3 Å². The number of para-hydroxylation sites is 1. The molecule has 1 aliphatic rings. The highest BCUT2D eigenvalue weighted by Crippen LogP contribution is 2.38. The molecule has 7 nitrogen and oxygen atoms in total. The second kappa shape index (κ2) is 11.7. The molecule has 0 aromatic heterocycles. The van der Waals surface area contributed by atoms with Crippen molar-refractivity contribution in [2.75, 3.05) is 44.2 Å². The third kappa shape index (κ3) is 6.72. The van der Waals surface area contributed by atoms with Crippen LogP contribution in [0.1, 0.15) is 31.2 Å². The number of nitrogens with one attached hydrogen (secondary N) is 3. The second-order valence-corrected chi connectivity index (χ2v) is 12.3. The Kier molecular flexibility index (Phi) is 8.95. The maximum atomic E-state index is 12.7. The number of allylic oxidation sites excluding steroid dienone is 1. The van der Waals surface area contributed by atoms with E-state index in [-0.39, 0.29) is 5.96 Å². The Labute approximate surface area is 207 Å². The van der Waals surface area contributed by atoms with Crippen LogP contribution in [0.4, 0.5) is 11.4 Å². The number of hydrogen-bond acceptors (Lipinski definition) is 5. The summed E-state index contributed by atoms with van der Waals surface area (Å²) in [6.45, 7) is 10.9. The second-order valence-electron chi connectivity index (χ2n) is 8.58. The molecular weight excluding hydrogens is 469 g/mol. The molecule has 9 heteroatoms. The first-order valence-corrected chi connectivity index (χ1v) is 14.2. The van der Waals surface area contributed by atoms with Crippen LogP contribution in [-0.4, -0.2) is 46.2 Å². The molecule has 1 fully saturated rings. The van der Waals surface area contributed by atoms with E-state index in [4.69, 9.17) is 16.3 Å². The molecule has 0 amide bonds. The minimum absolute atomic E-state index is 0.254. The van der Waals surface area contributed by atoms with Crippen LogP contribution in [0.25, 0.3) is 0 Å². The Balaban J connectivity index is 1.87. The Morgan fingerprint density at radius 3 is 2.47 bits per heavy atom. The first-order chi connectivity index (χ1) is 16.2. The highest BCUT2D eigenvalue weighted by Gasteiger charge is 2.18. The number of nitrogens with zero attached hydrogens (tertiary/aromatic N) is 2. The minimum Gasteiger partial charge on any atom is -0.495 e. The van der Waals surface area contributed by atoms with Crippen molar-refractivity contribution in [2.24, 2.45) is 9.98 Å². The lowest BCUT2D eigenvalue weighted by Gasteiger charge is -2.24. The molecule has 0 bridgehead atoms. The van der Waals surface area contributed by atoms with Crippen LogP contribution >= 0.6 is 18.7 Å². The van der Waals surface area contributed by atoms with E-state index in [0.717, 1.165) is 36.9 Å². The highest BCUT2D eigenvalue weighted by atomic mass is 35.5. The van der Waals surface area contributed by atoms with Crippen LogP contribution in [0.15, 0.2) is 63.3 Å². The molecule has 3 N–H and O–H groups in total. The van der Waals surface area contributed by atoms with Gasteiger partial charge in [-0.25, -0.2) is 4.99 Å². The van der Waals surface area contributed by atoms with Crippen molar-refractivity contribution in [1.29, 1.82) is 0 Å². The maximum absolute atomic E-state index is 12.7. The molecule has 0 aliphatic carbocycles. The minimum atomic E-state index is -2.51. The van der Waals surface area contributed by atoms with E-state index in [0.29, 0.717) is 28.2 Å². The first-order valence-electron chi connectivity index (χ1n) is 11.2. The van der Waals surface area contributed by atoms with Gasteiger partial charge in [0.15, 0.2) is 0 Å². The van der Waals surface area contributed by atoms with Crippen LogP contribution in [0.2, 0.25) is 0 Å². The number of benzene rings is 2. The number of anilines is 2. The Morgan fingerprint density at radius 1 is 1.15 bits per heavy atom. The summed E-state index contributed by atoms with van der Waals surface area (Å²) >= 11 is 6.35. The molecule has 2 aromatic rings. The van der Waals surface area contributed by atoms with Gasteiger partial charge in [0.2, 0.25) is 5.96 Å². The summed E-state index contributed by atoms with van der Waals surface area (Å²) in [6.07, 6.45) is 2.21. The zero-order valence-electron chi connectivity index (χ0n) is 20.2.